The van der Waals surface area contributed by atoms with Gasteiger partial charge < -0.3 is 5.32 Å². The van der Waals surface area contributed by atoms with Gasteiger partial charge in [-0.1, -0.05) is 27.2 Å². The van der Waals surface area contributed by atoms with Crippen LogP contribution in [0.5, 0.6) is 0 Å². The second-order valence-electron chi connectivity index (χ2n) is 7.31. The van der Waals surface area contributed by atoms with Crippen molar-refractivity contribution in [2.75, 3.05) is 12.3 Å². The zero-order chi connectivity index (χ0) is 13.0. The molecule has 0 spiro atoms. The molecule has 1 N–H and O–H groups in total. The van der Waals surface area contributed by atoms with Crippen molar-refractivity contribution in [3.8, 4) is 0 Å². The molecule has 2 aliphatic rings. The van der Waals surface area contributed by atoms with Crippen molar-refractivity contribution in [3.63, 3.8) is 0 Å². The van der Waals surface area contributed by atoms with Crippen LogP contribution in [0, 0.1) is 11.3 Å². The van der Waals surface area contributed by atoms with E-state index in [9.17, 15) is 0 Å². The van der Waals surface area contributed by atoms with Crippen molar-refractivity contribution < 1.29 is 0 Å². The van der Waals surface area contributed by atoms with E-state index in [2.05, 4.69) is 37.8 Å². The van der Waals surface area contributed by atoms with E-state index in [1.165, 1.54) is 57.2 Å². The van der Waals surface area contributed by atoms with Crippen LogP contribution >= 0.6 is 11.8 Å². The van der Waals surface area contributed by atoms with Gasteiger partial charge in [-0.25, -0.2) is 0 Å². The molecule has 3 atom stereocenters. The Balaban J connectivity index is 1.71. The molecule has 1 saturated carbocycles. The molecule has 0 radical (unpaired) electrons. The number of rotatable bonds is 3. The van der Waals surface area contributed by atoms with Crippen molar-refractivity contribution in [2.24, 2.45) is 11.3 Å². The largest absolute Gasteiger partial charge is 0.313 e. The summed E-state index contributed by atoms with van der Waals surface area (Å²) in [6.45, 7) is 8.51. The van der Waals surface area contributed by atoms with Crippen LogP contribution in [0.25, 0.3) is 0 Å². The van der Waals surface area contributed by atoms with Crippen LogP contribution in [0.15, 0.2) is 0 Å². The Hall–Kier alpha value is 0.310. The van der Waals surface area contributed by atoms with E-state index < -0.39 is 0 Å². The lowest BCUT2D eigenvalue weighted by Crippen LogP contribution is -2.33. The van der Waals surface area contributed by atoms with E-state index in [0.717, 1.165) is 17.2 Å². The van der Waals surface area contributed by atoms with Gasteiger partial charge in [-0.2, -0.15) is 11.8 Å². The molecule has 106 valence electrons. The highest BCUT2D eigenvalue weighted by atomic mass is 32.2. The van der Waals surface area contributed by atoms with Gasteiger partial charge in [0.2, 0.25) is 0 Å². The third-order valence-electron chi connectivity index (χ3n) is 4.85. The van der Waals surface area contributed by atoms with E-state index >= 15 is 0 Å². The Bertz CT molecular complexity index is 240. The van der Waals surface area contributed by atoms with Crippen LogP contribution in [-0.4, -0.2) is 23.6 Å². The summed E-state index contributed by atoms with van der Waals surface area (Å²) in [5.74, 6) is 2.33. The van der Waals surface area contributed by atoms with Gasteiger partial charge in [0.1, 0.15) is 0 Å². The standard InChI is InChI=1S/C16H31NS/c1-16(2,3)13-6-4-7-14(10-9-13)17-12-15-8-5-11-18-15/h13-15,17H,4-12H2,1-3H3. The quantitative estimate of drug-likeness (QED) is 0.759. The highest BCUT2D eigenvalue weighted by molar-refractivity contribution is 8.00. The van der Waals surface area contributed by atoms with Crippen molar-refractivity contribution in [2.45, 2.75) is 77.0 Å². The Kier molecular flexibility index (Phi) is 5.44. The maximum atomic E-state index is 3.85. The third-order valence-corrected chi connectivity index (χ3v) is 6.25. The van der Waals surface area contributed by atoms with Gasteiger partial charge in [0, 0.05) is 17.8 Å². The maximum absolute atomic E-state index is 3.85. The number of nitrogens with one attached hydrogen (secondary N) is 1. The predicted molar refractivity (Wildman–Crippen MR) is 83.3 cm³/mol. The molecule has 0 amide bonds. The summed E-state index contributed by atoms with van der Waals surface area (Å²) < 4.78 is 0. The molecule has 1 aliphatic heterocycles. The van der Waals surface area contributed by atoms with E-state index in [0.29, 0.717) is 5.41 Å². The molecule has 18 heavy (non-hydrogen) atoms. The highest BCUT2D eigenvalue weighted by Crippen LogP contribution is 2.36. The predicted octanol–water partition coefficient (Wildman–Crippen LogP) is 4.47. The lowest BCUT2D eigenvalue weighted by Gasteiger charge is -2.29. The molecule has 0 bridgehead atoms. The fourth-order valence-electron chi connectivity index (χ4n) is 3.48. The summed E-state index contributed by atoms with van der Waals surface area (Å²) in [5, 5.41) is 4.76. The molecule has 2 fully saturated rings. The zero-order valence-electron chi connectivity index (χ0n) is 12.5. The Morgan fingerprint density at radius 3 is 2.50 bits per heavy atom. The number of hydrogen-bond donors (Lipinski definition) is 1. The van der Waals surface area contributed by atoms with Gasteiger partial charge >= 0.3 is 0 Å². The SMILES string of the molecule is CC(C)(C)C1CCCC(NCC2CCCS2)CC1. The summed E-state index contributed by atoms with van der Waals surface area (Å²) in [7, 11) is 0. The van der Waals surface area contributed by atoms with Crippen LogP contribution in [0.4, 0.5) is 0 Å². The van der Waals surface area contributed by atoms with Crippen LogP contribution in [-0.2, 0) is 0 Å². The van der Waals surface area contributed by atoms with Gasteiger partial charge in [-0.15, -0.1) is 0 Å². The van der Waals surface area contributed by atoms with Crippen LogP contribution < -0.4 is 5.32 Å². The first kappa shape index (κ1) is 14.7. The first-order valence-electron chi connectivity index (χ1n) is 7.90. The third kappa shape index (κ3) is 4.45. The number of thioether (sulfide) groups is 1. The van der Waals surface area contributed by atoms with Crippen molar-refractivity contribution >= 4 is 11.8 Å². The van der Waals surface area contributed by atoms with E-state index in [-0.39, 0.29) is 0 Å². The summed E-state index contributed by atoms with van der Waals surface area (Å²) >= 11 is 2.18. The molecule has 1 saturated heterocycles. The average Bonchev–Trinajstić information content (AvgIpc) is 2.69. The molecule has 1 nitrogen and oxygen atoms in total. The molecule has 0 aromatic carbocycles. The second-order valence-corrected chi connectivity index (χ2v) is 8.72. The van der Waals surface area contributed by atoms with E-state index in [4.69, 9.17) is 0 Å². The van der Waals surface area contributed by atoms with E-state index in [1.807, 2.05) is 0 Å². The minimum atomic E-state index is 0.510. The minimum Gasteiger partial charge on any atom is -0.313 e. The maximum Gasteiger partial charge on any atom is 0.0172 e. The molecule has 0 aromatic heterocycles. The molecule has 1 aliphatic carbocycles. The highest BCUT2D eigenvalue weighted by Gasteiger charge is 2.28. The summed E-state index contributed by atoms with van der Waals surface area (Å²) in [6.07, 6.45) is 9.99. The van der Waals surface area contributed by atoms with Gasteiger partial charge in [0.05, 0.1) is 0 Å². The Morgan fingerprint density at radius 1 is 1.00 bits per heavy atom. The van der Waals surface area contributed by atoms with Crippen LogP contribution in [0.3, 0.4) is 0 Å². The molecular formula is C16H31NS. The number of hydrogen-bond acceptors (Lipinski definition) is 2. The molecule has 2 heteroatoms. The minimum absolute atomic E-state index is 0.510. The van der Waals surface area contributed by atoms with Crippen molar-refractivity contribution in [3.05, 3.63) is 0 Å². The monoisotopic (exact) mass is 269 g/mol. The zero-order valence-corrected chi connectivity index (χ0v) is 13.3. The van der Waals surface area contributed by atoms with E-state index in [1.54, 1.807) is 0 Å². The summed E-state index contributed by atoms with van der Waals surface area (Å²) in [4.78, 5) is 0. The van der Waals surface area contributed by atoms with Gasteiger partial charge in [0.25, 0.3) is 0 Å². The molecular weight excluding hydrogens is 238 g/mol. The molecule has 1 heterocycles. The molecule has 0 aromatic rings. The van der Waals surface area contributed by atoms with Crippen molar-refractivity contribution in [1.82, 2.24) is 5.32 Å². The van der Waals surface area contributed by atoms with Gasteiger partial charge in [-0.3, -0.25) is 0 Å². The first-order chi connectivity index (χ1) is 8.55. The van der Waals surface area contributed by atoms with Gasteiger partial charge in [-0.05, 0) is 55.6 Å². The average molecular weight is 269 g/mol. The van der Waals surface area contributed by atoms with Crippen LogP contribution in [0.1, 0.15) is 65.7 Å². The van der Waals surface area contributed by atoms with Crippen molar-refractivity contribution in [1.29, 1.82) is 0 Å². The fraction of sp³-hybridized carbons (Fsp3) is 1.00. The normalized spacial score (nSPS) is 34.5. The smallest absolute Gasteiger partial charge is 0.0172 e. The lowest BCUT2D eigenvalue weighted by molar-refractivity contribution is 0.213. The topological polar surface area (TPSA) is 12.0 Å². The summed E-state index contributed by atoms with van der Waals surface area (Å²) in [5.41, 5.74) is 0.510. The summed E-state index contributed by atoms with van der Waals surface area (Å²) in [6, 6.07) is 0.804. The Morgan fingerprint density at radius 2 is 1.83 bits per heavy atom. The fourth-order valence-corrected chi connectivity index (χ4v) is 4.69. The van der Waals surface area contributed by atoms with Gasteiger partial charge in [0.15, 0.2) is 0 Å². The van der Waals surface area contributed by atoms with Crippen LogP contribution in [0.2, 0.25) is 0 Å². The first-order valence-corrected chi connectivity index (χ1v) is 8.95. The molecule has 2 rings (SSSR count). The lowest BCUT2D eigenvalue weighted by atomic mass is 9.76. The molecule has 3 unspecified atom stereocenters. The second kappa shape index (κ2) is 6.65. The Labute approximate surface area is 118 Å².